The van der Waals surface area contributed by atoms with Gasteiger partial charge in [-0.25, -0.2) is 0 Å². The Labute approximate surface area is 138 Å². The molecule has 0 atom stereocenters. The van der Waals surface area contributed by atoms with Gasteiger partial charge < -0.3 is 19.9 Å². The monoisotopic (exact) mass is 336 g/mol. The van der Waals surface area contributed by atoms with Crippen LogP contribution in [0.5, 0.6) is 17.2 Å². The lowest BCUT2D eigenvalue weighted by molar-refractivity contribution is -0.0508. The van der Waals surface area contributed by atoms with Crippen LogP contribution in [0.4, 0.5) is 14.5 Å². The van der Waals surface area contributed by atoms with Crippen LogP contribution in [0.3, 0.4) is 0 Å². The van der Waals surface area contributed by atoms with E-state index in [4.69, 9.17) is 15.2 Å². The smallest absolute Gasteiger partial charge is 0.387 e. The van der Waals surface area contributed by atoms with Gasteiger partial charge in [-0.2, -0.15) is 8.78 Å². The van der Waals surface area contributed by atoms with Crippen LogP contribution in [-0.4, -0.2) is 25.4 Å². The lowest BCUT2D eigenvalue weighted by atomic mass is 10.1. The normalized spacial score (nSPS) is 12.9. The number of nitrogens with two attached hydrogens (primary N) is 1. The predicted molar refractivity (Wildman–Crippen MR) is 85.2 cm³/mol. The van der Waals surface area contributed by atoms with Crippen molar-refractivity contribution in [2.45, 2.75) is 19.7 Å². The highest BCUT2D eigenvalue weighted by Crippen LogP contribution is 2.39. The first-order chi connectivity index (χ1) is 11.5. The third-order valence-electron chi connectivity index (χ3n) is 3.62. The van der Waals surface area contributed by atoms with E-state index in [0.717, 1.165) is 5.56 Å². The number of anilines is 1. The van der Waals surface area contributed by atoms with E-state index in [0.29, 0.717) is 35.8 Å². The standard InChI is InChI=1S/C17H18F2N2O3/c1-21(8-11-3-2-4-13(20)5-11)9-12-6-15-16(23-10-22-15)7-14(12)24-17(18)19/h2-7,17H,8-10,20H2,1H3. The summed E-state index contributed by atoms with van der Waals surface area (Å²) in [7, 11) is 1.89. The van der Waals surface area contributed by atoms with Gasteiger partial charge in [0.2, 0.25) is 6.79 Å². The van der Waals surface area contributed by atoms with Gasteiger partial charge in [-0.05, 0) is 30.8 Å². The number of fused-ring (bicyclic) bond motifs is 1. The van der Waals surface area contributed by atoms with Gasteiger partial charge in [0.15, 0.2) is 11.5 Å². The molecule has 0 spiro atoms. The summed E-state index contributed by atoms with van der Waals surface area (Å²) in [5.41, 5.74) is 8.10. The Kier molecular flexibility index (Phi) is 4.71. The molecule has 2 aromatic rings. The fourth-order valence-electron chi connectivity index (χ4n) is 2.64. The van der Waals surface area contributed by atoms with Crippen molar-refractivity contribution in [2.75, 3.05) is 19.6 Å². The molecule has 1 aliphatic rings. The zero-order chi connectivity index (χ0) is 17.1. The van der Waals surface area contributed by atoms with Crippen molar-refractivity contribution in [1.29, 1.82) is 0 Å². The van der Waals surface area contributed by atoms with Gasteiger partial charge in [0.1, 0.15) is 5.75 Å². The van der Waals surface area contributed by atoms with Crippen LogP contribution in [0.25, 0.3) is 0 Å². The predicted octanol–water partition coefficient (Wildman–Crippen LogP) is 3.23. The number of rotatable bonds is 6. The summed E-state index contributed by atoms with van der Waals surface area (Å²) in [6, 6.07) is 10.7. The van der Waals surface area contributed by atoms with Gasteiger partial charge in [0, 0.05) is 30.4 Å². The summed E-state index contributed by atoms with van der Waals surface area (Å²) in [6.45, 7) is -1.80. The summed E-state index contributed by atoms with van der Waals surface area (Å²) in [6.07, 6.45) is 0. The van der Waals surface area contributed by atoms with Crippen molar-refractivity contribution >= 4 is 5.69 Å². The summed E-state index contributed by atoms with van der Waals surface area (Å²) >= 11 is 0. The van der Waals surface area contributed by atoms with Crippen LogP contribution in [-0.2, 0) is 13.1 Å². The molecular weight excluding hydrogens is 318 g/mol. The van der Waals surface area contributed by atoms with Gasteiger partial charge in [-0.1, -0.05) is 12.1 Å². The molecule has 0 fully saturated rings. The molecule has 2 N–H and O–H groups in total. The number of alkyl halides is 2. The first-order valence-corrected chi connectivity index (χ1v) is 7.41. The Balaban J connectivity index is 1.77. The zero-order valence-electron chi connectivity index (χ0n) is 13.2. The maximum Gasteiger partial charge on any atom is 0.387 e. The molecule has 0 unspecified atom stereocenters. The van der Waals surface area contributed by atoms with E-state index in [2.05, 4.69) is 4.74 Å². The number of halogens is 2. The average molecular weight is 336 g/mol. The molecule has 1 aliphatic heterocycles. The molecule has 3 rings (SSSR count). The van der Waals surface area contributed by atoms with Crippen LogP contribution in [0, 0.1) is 0 Å². The van der Waals surface area contributed by atoms with Crippen molar-refractivity contribution in [1.82, 2.24) is 4.90 Å². The van der Waals surface area contributed by atoms with Crippen LogP contribution < -0.4 is 19.9 Å². The molecule has 0 saturated heterocycles. The second-order valence-corrected chi connectivity index (χ2v) is 5.61. The fourth-order valence-corrected chi connectivity index (χ4v) is 2.64. The van der Waals surface area contributed by atoms with Gasteiger partial charge in [0.05, 0.1) is 0 Å². The second kappa shape index (κ2) is 6.92. The maximum absolute atomic E-state index is 12.7. The minimum Gasteiger partial charge on any atom is -0.454 e. The highest BCUT2D eigenvalue weighted by molar-refractivity contribution is 5.52. The van der Waals surface area contributed by atoms with E-state index >= 15 is 0 Å². The molecule has 7 heteroatoms. The molecule has 0 amide bonds. The maximum atomic E-state index is 12.7. The van der Waals surface area contributed by atoms with Crippen molar-refractivity contribution < 1.29 is 23.0 Å². The third-order valence-corrected chi connectivity index (χ3v) is 3.62. The Morgan fingerprint density at radius 2 is 1.92 bits per heavy atom. The van der Waals surface area contributed by atoms with Crippen LogP contribution in [0.2, 0.25) is 0 Å². The van der Waals surface area contributed by atoms with Crippen molar-refractivity contribution in [3.63, 3.8) is 0 Å². The number of nitrogens with zero attached hydrogens (tertiary/aromatic N) is 1. The molecule has 5 nitrogen and oxygen atoms in total. The van der Waals surface area contributed by atoms with Crippen LogP contribution >= 0.6 is 0 Å². The van der Waals surface area contributed by atoms with E-state index in [1.54, 1.807) is 6.07 Å². The number of ether oxygens (including phenoxy) is 3. The number of hydrogen-bond donors (Lipinski definition) is 1. The topological polar surface area (TPSA) is 57.0 Å². The molecule has 128 valence electrons. The van der Waals surface area contributed by atoms with E-state index in [-0.39, 0.29) is 12.5 Å². The molecule has 2 aromatic carbocycles. The van der Waals surface area contributed by atoms with Gasteiger partial charge in [-0.15, -0.1) is 0 Å². The van der Waals surface area contributed by atoms with Crippen molar-refractivity contribution in [2.24, 2.45) is 0 Å². The van der Waals surface area contributed by atoms with Crippen molar-refractivity contribution in [3.8, 4) is 17.2 Å². The lowest BCUT2D eigenvalue weighted by Gasteiger charge is -2.19. The summed E-state index contributed by atoms with van der Waals surface area (Å²) in [5, 5.41) is 0. The first kappa shape index (κ1) is 16.3. The van der Waals surface area contributed by atoms with E-state index in [1.807, 2.05) is 36.2 Å². The zero-order valence-corrected chi connectivity index (χ0v) is 13.2. The largest absolute Gasteiger partial charge is 0.454 e. The van der Waals surface area contributed by atoms with Gasteiger partial charge in [0.25, 0.3) is 0 Å². The molecule has 0 saturated carbocycles. The van der Waals surface area contributed by atoms with Crippen molar-refractivity contribution in [3.05, 3.63) is 47.5 Å². The van der Waals surface area contributed by atoms with Crippen LogP contribution in [0.1, 0.15) is 11.1 Å². The molecule has 24 heavy (non-hydrogen) atoms. The summed E-state index contributed by atoms with van der Waals surface area (Å²) < 4.78 is 40.5. The molecule has 0 aromatic heterocycles. The highest BCUT2D eigenvalue weighted by atomic mass is 19.3. The third kappa shape index (κ3) is 3.86. The van der Waals surface area contributed by atoms with Gasteiger partial charge in [-0.3, -0.25) is 4.90 Å². The highest BCUT2D eigenvalue weighted by Gasteiger charge is 2.20. The summed E-state index contributed by atoms with van der Waals surface area (Å²) in [5.74, 6) is 1.03. The van der Waals surface area contributed by atoms with E-state index in [1.165, 1.54) is 6.07 Å². The fraction of sp³-hybridized carbons (Fsp3) is 0.294. The Hall–Kier alpha value is -2.54. The Morgan fingerprint density at radius 3 is 2.62 bits per heavy atom. The van der Waals surface area contributed by atoms with Crippen LogP contribution in [0.15, 0.2) is 36.4 Å². The average Bonchev–Trinajstić information content (AvgIpc) is 2.94. The minimum absolute atomic E-state index is 0.0754. The quantitative estimate of drug-likeness (QED) is 0.821. The SMILES string of the molecule is CN(Cc1cccc(N)c1)Cc1cc2c(cc1OC(F)F)OCO2. The number of hydrogen-bond acceptors (Lipinski definition) is 5. The number of nitrogen functional groups attached to an aromatic ring is 1. The molecule has 1 heterocycles. The first-order valence-electron chi connectivity index (χ1n) is 7.41. The minimum atomic E-state index is -2.90. The molecule has 0 aliphatic carbocycles. The lowest BCUT2D eigenvalue weighted by Crippen LogP contribution is -2.18. The second-order valence-electron chi connectivity index (χ2n) is 5.61. The molecular formula is C17H18F2N2O3. The molecule has 0 radical (unpaired) electrons. The Bertz CT molecular complexity index is 725. The molecule has 0 bridgehead atoms. The van der Waals surface area contributed by atoms with E-state index in [9.17, 15) is 8.78 Å². The Morgan fingerprint density at radius 1 is 1.17 bits per heavy atom. The van der Waals surface area contributed by atoms with Gasteiger partial charge >= 0.3 is 6.61 Å². The van der Waals surface area contributed by atoms with E-state index < -0.39 is 6.61 Å². The number of benzene rings is 2. The summed E-state index contributed by atoms with van der Waals surface area (Å²) in [4.78, 5) is 1.98.